The minimum absolute atomic E-state index is 0.258. The van der Waals surface area contributed by atoms with E-state index >= 15 is 0 Å². The van der Waals surface area contributed by atoms with E-state index in [2.05, 4.69) is 10.0 Å². The normalized spacial score (nSPS) is 11.5. The van der Waals surface area contributed by atoms with Gasteiger partial charge in [0.05, 0.1) is 6.54 Å². The molecule has 0 atom stereocenters. The molecule has 2 aromatic rings. The van der Waals surface area contributed by atoms with Crippen molar-refractivity contribution in [1.29, 1.82) is 0 Å². The molecule has 0 unspecified atom stereocenters. The molecule has 0 radical (unpaired) electrons. The van der Waals surface area contributed by atoms with Crippen LogP contribution in [0.5, 0.6) is 0 Å². The quantitative estimate of drug-likeness (QED) is 0.851. The monoisotopic (exact) mass is 334 g/mol. The Morgan fingerprint density at radius 1 is 1.09 bits per heavy atom. The molecular weight excluding hydrogens is 319 g/mol. The van der Waals surface area contributed by atoms with E-state index in [0.717, 1.165) is 17.0 Å². The smallest absolute Gasteiger partial charge is 0.239 e. The highest BCUT2D eigenvalue weighted by molar-refractivity contribution is 7.92. The van der Waals surface area contributed by atoms with Crippen LogP contribution >= 0.6 is 0 Å². The molecule has 5 nitrogen and oxygen atoms in total. The fraction of sp³-hybridized carbons (Fsp3) is 0.0625. The summed E-state index contributed by atoms with van der Waals surface area (Å²) in [5.74, 6) is -1.08. The summed E-state index contributed by atoms with van der Waals surface area (Å²) in [7, 11) is -3.74. The lowest BCUT2D eigenvalue weighted by atomic mass is 10.2. The van der Waals surface area contributed by atoms with Gasteiger partial charge in [-0.1, -0.05) is 36.4 Å². The van der Waals surface area contributed by atoms with Crippen molar-refractivity contribution in [1.82, 2.24) is 4.72 Å². The third-order valence-corrected chi connectivity index (χ3v) is 3.82. The number of anilines is 1. The third kappa shape index (κ3) is 6.01. The summed E-state index contributed by atoms with van der Waals surface area (Å²) in [6.45, 7) is -0.446. The van der Waals surface area contributed by atoms with Gasteiger partial charge in [0.2, 0.25) is 15.9 Å². The number of halogens is 1. The van der Waals surface area contributed by atoms with Crippen LogP contribution in [0.2, 0.25) is 0 Å². The lowest BCUT2D eigenvalue weighted by Gasteiger charge is -2.06. The Labute approximate surface area is 133 Å². The molecule has 7 heteroatoms. The number of sulfonamides is 1. The van der Waals surface area contributed by atoms with Crippen molar-refractivity contribution < 1.29 is 17.6 Å². The Morgan fingerprint density at radius 3 is 2.52 bits per heavy atom. The first-order chi connectivity index (χ1) is 10.9. The van der Waals surface area contributed by atoms with E-state index < -0.39 is 28.3 Å². The summed E-state index contributed by atoms with van der Waals surface area (Å²) >= 11 is 0. The second-order valence-corrected chi connectivity index (χ2v) is 6.29. The van der Waals surface area contributed by atoms with Crippen molar-refractivity contribution in [2.75, 3.05) is 11.9 Å². The summed E-state index contributed by atoms with van der Waals surface area (Å²) in [6, 6.07) is 14.2. The Hall–Kier alpha value is -2.51. The van der Waals surface area contributed by atoms with Crippen LogP contribution in [-0.4, -0.2) is 20.9 Å². The molecule has 1 amide bonds. The van der Waals surface area contributed by atoms with E-state index in [1.807, 2.05) is 6.07 Å². The van der Waals surface area contributed by atoms with Crippen molar-refractivity contribution in [3.63, 3.8) is 0 Å². The summed E-state index contributed by atoms with van der Waals surface area (Å²) < 4.78 is 38.7. The summed E-state index contributed by atoms with van der Waals surface area (Å²) in [6.07, 6.45) is 1.42. The Morgan fingerprint density at radius 2 is 1.83 bits per heavy atom. The number of benzene rings is 2. The Kier molecular flexibility index (Phi) is 5.61. The van der Waals surface area contributed by atoms with Crippen molar-refractivity contribution in [3.05, 3.63) is 71.4 Å². The van der Waals surface area contributed by atoms with Gasteiger partial charge in [0.15, 0.2) is 0 Å². The average Bonchev–Trinajstić information content (AvgIpc) is 2.52. The van der Waals surface area contributed by atoms with Crippen LogP contribution in [0.1, 0.15) is 5.56 Å². The lowest BCUT2D eigenvalue weighted by molar-refractivity contribution is -0.115. The molecule has 2 N–H and O–H groups in total. The molecule has 0 saturated carbocycles. The highest BCUT2D eigenvalue weighted by Gasteiger charge is 2.09. The van der Waals surface area contributed by atoms with Crippen LogP contribution in [0.3, 0.4) is 0 Å². The highest BCUT2D eigenvalue weighted by atomic mass is 32.2. The Balaban J connectivity index is 1.89. The number of hydrogen-bond donors (Lipinski definition) is 2. The number of hydrogen-bond acceptors (Lipinski definition) is 3. The molecule has 0 saturated heterocycles. The first-order valence-electron chi connectivity index (χ1n) is 6.73. The number of carbonyl (C=O) groups is 1. The zero-order chi connectivity index (χ0) is 16.7. The van der Waals surface area contributed by atoms with Crippen molar-refractivity contribution in [2.45, 2.75) is 0 Å². The molecule has 120 valence electrons. The van der Waals surface area contributed by atoms with Crippen LogP contribution in [0.4, 0.5) is 10.1 Å². The second-order valence-electron chi connectivity index (χ2n) is 4.64. The van der Waals surface area contributed by atoms with Crippen LogP contribution in [0.25, 0.3) is 6.08 Å². The number of carbonyl (C=O) groups excluding carboxylic acids is 1. The maximum absolute atomic E-state index is 13.0. The van der Waals surface area contributed by atoms with Crippen LogP contribution in [-0.2, 0) is 14.8 Å². The third-order valence-electron chi connectivity index (χ3n) is 2.78. The van der Waals surface area contributed by atoms with Crippen LogP contribution in [0, 0.1) is 5.82 Å². The fourth-order valence-corrected chi connectivity index (χ4v) is 2.48. The van der Waals surface area contributed by atoms with Crippen LogP contribution in [0.15, 0.2) is 60.0 Å². The van der Waals surface area contributed by atoms with Gasteiger partial charge in [-0.3, -0.25) is 4.79 Å². The number of nitrogens with one attached hydrogen (secondary N) is 2. The van der Waals surface area contributed by atoms with Crippen molar-refractivity contribution in [2.24, 2.45) is 0 Å². The van der Waals surface area contributed by atoms with Crippen molar-refractivity contribution in [3.8, 4) is 0 Å². The first-order valence-corrected chi connectivity index (χ1v) is 8.27. The molecule has 0 aliphatic heterocycles. The molecular formula is C16H15FN2O3S. The zero-order valence-corrected chi connectivity index (χ0v) is 12.9. The lowest BCUT2D eigenvalue weighted by Crippen LogP contribution is -2.31. The predicted octanol–water partition coefficient (Wildman–Crippen LogP) is 2.35. The SMILES string of the molecule is O=C(CNS(=O)(=O)/C=C/c1ccccc1)Nc1cccc(F)c1. The summed E-state index contributed by atoms with van der Waals surface area (Å²) in [4.78, 5) is 11.7. The summed E-state index contributed by atoms with van der Waals surface area (Å²) in [5, 5.41) is 3.38. The highest BCUT2D eigenvalue weighted by Crippen LogP contribution is 2.08. The molecule has 2 rings (SSSR count). The minimum atomic E-state index is -3.74. The molecule has 0 bridgehead atoms. The standard InChI is InChI=1S/C16H15FN2O3S/c17-14-7-4-8-15(11-14)19-16(20)12-18-23(21,22)10-9-13-5-2-1-3-6-13/h1-11,18H,12H2,(H,19,20)/b10-9+. The first kappa shape index (κ1) is 16.9. The van der Waals surface area contributed by atoms with E-state index in [4.69, 9.17) is 0 Å². The number of rotatable bonds is 6. The maximum atomic E-state index is 13.0. The van der Waals surface area contributed by atoms with Crippen LogP contribution < -0.4 is 10.0 Å². The minimum Gasteiger partial charge on any atom is -0.325 e. The van der Waals surface area contributed by atoms with Gasteiger partial charge < -0.3 is 5.32 Å². The number of amides is 1. The van der Waals surface area contributed by atoms with Gasteiger partial charge in [-0.25, -0.2) is 17.5 Å². The predicted molar refractivity (Wildman–Crippen MR) is 87.4 cm³/mol. The molecule has 0 aliphatic rings. The molecule has 23 heavy (non-hydrogen) atoms. The largest absolute Gasteiger partial charge is 0.325 e. The molecule has 0 aliphatic carbocycles. The van der Waals surface area contributed by atoms with Gasteiger partial charge >= 0.3 is 0 Å². The van der Waals surface area contributed by atoms with E-state index in [9.17, 15) is 17.6 Å². The van der Waals surface area contributed by atoms with Gasteiger partial charge in [-0.05, 0) is 29.8 Å². The molecule has 2 aromatic carbocycles. The summed E-state index contributed by atoms with van der Waals surface area (Å²) in [5.41, 5.74) is 0.983. The van der Waals surface area contributed by atoms with Gasteiger partial charge in [0, 0.05) is 11.1 Å². The second kappa shape index (κ2) is 7.66. The zero-order valence-electron chi connectivity index (χ0n) is 12.1. The average molecular weight is 334 g/mol. The molecule has 0 heterocycles. The Bertz CT molecular complexity index is 805. The topological polar surface area (TPSA) is 75.3 Å². The van der Waals surface area contributed by atoms with E-state index in [1.165, 1.54) is 24.3 Å². The van der Waals surface area contributed by atoms with E-state index in [1.54, 1.807) is 24.3 Å². The molecule has 0 fully saturated rings. The maximum Gasteiger partial charge on any atom is 0.239 e. The van der Waals surface area contributed by atoms with Gasteiger partial charge in [-0.15, -0.1) is 0 Å². The van der Waals surface area contributed by atoms with Gasteiger partial charge in [0.1, 0.15) is 5.82 Å². The fourth-order valence-electron chi connectivity index (χ4n) is 1.72. The van der Waals surface area contributed by atoms with E-state index in [0.29, 0.717) is 0 Å². The van der Waals surface area contributed by atoms with E-state index in [-0.39, 0.29) is 5.69 Å². The molecule has 0 aromatic heterocycles. The van der Waals surface area contributed by atoms with Gasteiger partial charge in [0.25, 0.3) is 0 Å². The molecule has 0 spiro atoms. The van der Waals surface area contributed by atoms with Gasteiger partial charge in [-0.2, -0.15) is 0 Å². The van der Waals surface area contributed by atoms with Crippen molar-refractivity contribution >= 4 is 27.7 Å².